The summed E-state index contributed by atoms with van der Waals surface area (Å²) in [6, 6.07) is 6.03. The van der Waals surface area contributed by atoms with Gasteiger partial charge < -0.3 is 10.6 Å². The van der Waals surface area contributed by atoms with Crippen molar-refractivity contribution in [3.8, 4) is 0 Å². The first-order valence-electron chi connectivity index (χ1n) is 7.66. The van der Waals surface area contributed by atoms with E-state index in [1.165, 1.54) is 19.3 Å². The van der Waals surface area contributed by atoms with Gasteiger partial charge in [0.25, 0.3) is 5.91 Å². The van der Waals surface area contributed by atoms with Crippen LogP contribution in [-0.2, 0) is 0 Å². The Bertz CT molecular complexity index is 476. The zero-order valence-electron chi connectivity index (χ0n) is 12.9. The Kier molecular flexibility index (Phi) is 4.69. The highest BCUT2D eigenvalue weighted by molar-refractivity contribution is 5.99. The molecule has 0 heterocycles. The fourth-order valence-corrected chi connectivity index (χ4v) is 3.15. The van der Waals surface area contributed by atoms with Gasteiger partial charge in [-0.25, -0.2) is 0 Å². The van der Waals surface area contributed by atoms with Crippen LogP contribution in [0.1, 0.15) is 54.9 Å². The van der Waals surface area contributed by atoms with Gasteiger partial charge in [-0.15, -0.1) is 0 Å². The van der Waals surface area contributed by atoms with E-state index < -0.39 is 0 Å². The molecule has 0 saturated heterocycles. The van der Waals surface area contributed by atoms with Crippen LogP contribution in [0.25, 0.3) is 0 Å². The molecule has 1 aliphatic rings. The monoisotopic (exact) mass is 274 g/mol. The summed E-state index contributed by atoms with van der Waals surface area (Å²) in [5, 5.41) is 0. The summed E-state index contributed by atoms with van der Waals surface area (Å²) < 4.78 is 0. The molecule has 0 spiro atoms. The van der Waals surface area contributed by atoms with Crippen LogP contribution in [-0.4, -0.2) is 23.9 Å². The molecule has 0 radical (unpaired) electrons. The van der Waals surface area contributed by atoms with E-state index in [9.17, 15) is 4.79 Å². The van der Waals surface area contributed by atoms with E-state index in [0.29, 0.717) is 17.3 Å². The average Bonchev–Trinajstić information content (AvgIpc) is 2.48. The number of amides is 1. The SMILES string of the molecule is CCC1CCC(N(C)C(=O)c2cc(C)ccc2N)CC1. The number of carbonyl (C=O) groups is 1. The molecule has 0 atom stereocenters. The second-order valence-corrected chi connectivity index (χ2v) is 6.09. The van der Waals surface area contributed by atoms with Gasteiger partial charge in [0.1, 0.15) is 0 Å². The molecule has 0 aromatic heterocycles. The fourth-order valence-electron chi connectivity index (χ4n) is 3.15. The van der Waals surface area contributed by atoms with Crippen molar-refractivity contribution < 1.29 is 4.79 Å². The molecule has 1 aromatic carbocycles. The van der Waals surface area contributed by atoms with Crippen molar-refractivity contribution in [1.29, 1.82) is 0 Å². The third-order valence-corrected chi connectivity index (χ3v) is 4.70. The summed E-state index contributed by atoms with van der Waals surface area (Å²) in [5.74, 6) is 0.907. The van der Waals surface area contributed by atoms with E-state index in [4.69, 9.17) is 5.73 Å². The van der Waals surface area contributed by atoms with Crippen molar-refractivity contribution in [2.24, 2.45) is 5.92 Å². The van der Waals surface area contributed by atoms with Gasteiger partial charge >= 0.3 is 0 Å². The number of rotatable bonds is 3. The summed E-state index contributed by atoms with van der Waals surface area (Å²) in [4.78, 5) is 14.5. The van der Waals surface area contributed by atoms with Gasteiger partial charge in [0, 0.05) is 18.8 Å². The molecule has 1 amide bonds. The van der Waals surface area contributed by atoms with Gasteiger partial charge in [0.15, 0.2) is 0 Å². The molecule has 0 bridgehead atoms. The highest BCUT2D eigenvalue weighted by Gasteiger charge is 2.27. The number of anilines is 1. The average molecular weight is 274 g/mol. The third kappa shape index (κ3) is 3.14. The predicted octanol–water partition coefficient (Wildman–Crippen LogP) is 3.62. The largest absolute Gasteiger partial charge is 0.398 e. The quantitative estimate of drug-likeness (QED) is 0.856. The molecule has 3 heteroatoms. The van der Waals surface area contributed by atoms with Gasteiger partial charge in [-0.2, -0.15) is 0 Å². The minimum absolute atomic E-state index is 0.0612. The van der Waals surface area contributed by atoms with Crippen molar-refractivity contribution in [2.75, 3.05) is 12.8 Å². The van der Waals surface area contributed by atoms with E-state index >= 15 is 0 Å². The van der Waals surface area contributed by atoms with E-state index in [-0.39, 0.29) is 5.91 Å². The summed E-state index contributed by atoms with van der Waals surface area (Å²) in [7, 11) is 1.92. The lowest BCUT2D eigenvalue weighted by molar-refractivity contribution is 0.0675. The minimum Gasteiger partial charge on any atom is -0.398 e. The number of nitrogen functional groups attached to an aromatic ring is 1. The molecule has 20 heavy (non-hydrogen) atoms. The van der Waals surface area contributed by atoms with Crippen LogP contribution in [0.4, 0.5) is 5.69 Å². The topological polar surface area (TPSA) is 46.3 Å². The van der Waals surface area contributed by atoms with Crippen molar-refractivity contribution >= 4 is 11.6 Å². The van der Waals surface area contributed by atoms with Gasteiger partial charge in [-0.1, -0.05) is 25.0 Å². The minimum atomic E-state index is 0.0612. The molecule has 1 aliphatic carbocycles. The number of carbonyl (C=O) groups excluding carboxylic acids is 1. The Morgan fingerprint density at radius 2 is 1.95 bits per heavy atom. The summed E-state index contributed by atoms with van der Waals surface area (Å²) in [5.41, 5.74) is 8.25. The molecule has 1 saturated carbocycles. The molecular formula is C17H26N2O. The Labute approximate surface area is 122 Å². The maximum atomic E-state index is 12.6. The van der Waals surface area contributed by atoms with E-state index in [1.807, 2.05) is 37.1 Å². The second kappa shape index (κ2) is 6.29. The zero-order valence-corrected chi connectivity index (χ0v) is 12.9. The summed E-state index contributed by atoms with van der Waals surface area (Å²) in [6.07, 6.45) is 5.97. The van der Waals surface area contributed by atoms with Crippen LogP contribution < -0.4 is 5.73 Å². The Morgan fingerprint density at radius 1 is 1.30 bits per heavy atom. The molecule has 2 rings (SSSR count). The van der Waals surface area contributed by atoms with E-state index in [2.05, 4.69) is 6.92 Å². The van der Waals surface area contributed by atoms with Crippen LogP contribution in [0.3, 0.4) is 0 Å². The Balaban J connectivity index is 2.07. The number of benzene rings is 1. The van der Waals surface area contributed by atoms with Crippen LogP contribution in [0.15, 0.2) is 18.2 Å². The maximum Gasteiger partial charge on any atom is 0.255 e. The fraction of sp³-hybridized carbons (Fsp3) is 0.588. The van der Waals surface area contributed by atoms with E-state index in [1.54, 1.807) is 0 Å². The molecule has 3 nitrogen and oxygen atoms in total. The molecular weight excluding hydrogens is 248 g/mol. The highest BCUT2D eigenvalue weighted by Crippen LogP contribution is 2.30. The van der Waals surface area contributed by atoms with Crippen molar-refractivity contribution in [2.45, 2.75) is 52.0 Å². The Morgan fingerprint density at radius 3 is 2.55 bits per heavy atom. The summed E-state index contributed by atoms with van der Waals surface area (Å²) >= 11 is 0. The highest BCUT2D eigenvalue weighted by atomic mass is 16.2. The van der Waals surface area contributed by atoms with Gasteiger partial charge in [0.2, 0.25) is 0 Å². The number of aryl methyl sites for hydroxylation is 1. The zero-order chi connectivity index (χ0) is 14.7. The van der Waals surface area contributed by atoms with Crippen LogP contribution >= 0.6 is 0 Å². The number of hydrogen-bond acceptors (Lipinski definition) is 2. The van der Waals surface area contributed by atoms with Gasteiger partial charge in [-0.3, -0.25) is 4.79 Å². The molecule has 2 N–H and O–H groups in total. The second-order valence-electron chi connectivity index (χ2n) is 6.09. The standard InChI is InChI=1S/C17H26N2O/c1-4-13-6-8-14(9-7-13)19(3)17(20)15-11-12(2)5-10-16(15)18/h5,10-11,13-14H,4,6-9,18H2,1-3H3. The molecule has 0 unspecified atom stereocenters. The Hall–Kier alpha value is -1.51. The lowest BCUT2D eigenvalue weighted by Crippen LogP contribution is -2.39. The number of hydrogen-bond donors (Lipinski definition) is 1. The van der Waals surface area contributed by atoms with Crippen molar-refractivity contribution in [3.63, 3.8) is 0 Å². The van der Waals surface area contributed by atoms with Crippen LogP contribution in [0.5, 0.6) is 0 Å². The van der Waals surface area contributed by atoms with Crippen LogP contribution in [0.2, 0.25) is 0 Å². The normalized spacial score (nSPS) is 22.6. The number of nitrogens with zero attached hydrogens (tertiary/aromatic N) is 1. The van der Waals surface area contributed by atoms with Gasteiger partial charge in [0.05, 0.1) is 5.56 Å². The third-order valence-electron chi connectivity index (χ3n) is 4.70. The smallest absolute Gasteiger partial charge is 0.255 e. The van der Waals surface area contributed by atoms with Crippen molar-refractivity contribution in [1.82, 2.24) is 4.90 Å². The maximum absolute atomic E-state index is 12.6. The first kappa shape index (κ1) is 14.9. The first-order valence-corrected chi connectivity index (χ1v) is 7.66. The number of nitrogens with two attached hydrogens (primary N) is 1. The van der Waals surface area contributed by atoms with E-state index in [0.717, 1.165) is 24.3 Å². The predicted molar refractivity (Wildman–Crippen MR) is 83.7 cm³/mol. The first-order chi connectivity index (χ1) is 9.52. The molecule has 0 aliphatic heterocycles. The van der Waals surface area contributed by atoms with Crippen molar-refractivity contribution in [3.05, 3.63) is 29.3 Å². The molecule has 1 fully saturated rings. The lowest BCUT2D eigenvalue weighted by Gasteiger charge is -2.34. The molecule has 1 aromatic rings. The molecule has 110 valence electrons. The van der Waals surface area contributed by atoms with Crippen LogP contribution in [0, 0.1) is 12.8 Å². The summed E-state index contributed by atoms with van der Waals surface area (Å²) in [6.45, 7) is 4.25. The lowest BCUT2D eigenvalue weighted by atomic mass is 9.84. The van der Waals surface area contributed by atoms with Gasteiger partial charge in [-0.05, 0) is 50.7 Å².